The van der Waals surface area contributed by atoms with Gasteiger partial charge in [-0.3, -0.25) is 0 Å². The van der Waals surface area contributed by atoms with E-state index in [1.807, 2.05) is 0 Å². The zero-order valence-electron chi connectivity index (χ0n) is 19.7. The molecule has 6 nitrogen and oxygen atoms in total. The molecule has 5 rings (SSSR count). The van der Waals surface area contributed by atoms with E-state index >= 15 is 0 Å². The van der Waals surface area contributed by atoms with Crippen LogP contribution in [0.1, 0.15) is 54.4 Å². The summed E-state index contributed by atoms with van der Waals surface area (Å²) >= 11 is 0. The summed E-state index contributed by atoms with van der Waals surface area (Å²) in [5, 5.41) is 27.0. The second-order valence-corrected chi connectivity index (χ2v) is 9.82. The molecule has 0 unspecified atom stereocenters. The van der Waals surface area contributed by atoms with Crippen LogP contribution in [0.3, 0.4) is 0 Å². The first-order valence-electron chi connectivity index (χ1n) is 11.4. The average Bonchev–Trinajstić information content (AvgIpc) is 3.43. The van der Waals surface area contributed by atoms with E-state index < -0.39 is 0 Å². The maximum absolute atomic E-state index is 4.72. The topological polar surface area (TPSA) is 61.4 Å². The Morgan fingerprint density at radius 3 is 1.28 bits per heavy atom. The highest BCUT2D eigenvalue weighted by atomic mass is 15.5. The molecule has 6 heteroatoms. The van der Waals surface area contributed by atoms with Crippen molar-refractivity contribution in [2.45, 2.75) is 65.5 Å². The molecule has 4 aromatic rings. The Morgan fingerprint density at radius 2 is 0.938 bits per heavy atom. The summed E-state index contributed by atoms with van der Waals surface area (Å²) in [6.07, 6.45) is 1.89. The standard InChI is InChI=1S/C26H30N6/c1-7-25(3,4)31-23-19-15-11-12-16-20(19)24-22(28-30-32(24)26(5,6)8-2)18-14-10-9-13-17(18)21(23)27-29-31/h9-16H,7-8H2,1-6H3. The van der Waals surface area contributed by atoms with Crippen molar-refractivity contribution >= 4 is 0 Å². The van der Waals surface area contributed by atoms with E-state index in [0.29, 0.717) is 0 Å². The lowest BCUT2D eigenvalue weighted by Crippen LogP contribution is -2.27. The molecule has 2 aromatic carbocycles. The number of benzene rings is 2. The van der Waals surface area contributed by atoms with Gasteiger partial charge in [-0.2, -0.15) is 0 Å². The Labute approximate surface area is 186 Å². The Bertz CT molecular complexity index is 1580. The third-order valence-electron chi connectivity index (χ3n) is 7.09. The number of hydrogen-bond donors (Lipinski definition) is 0. The number of rotatable bonds is 4. The molecule has 0 fully saturated rings. The Hall–Kier alpha value is -3.28. The van der Waals surface area contributed by atoms with E-state index in [1.165, 1.54) is 0 Å². The molecule has 0 bridgehead atoms. The normalized spacial score (nSPS) is 12.9. The van der Waals surface area contributed by atoms with Crippen LogP contribution >= 0.6 is 0 Å². The molecule has 164 valence electrons. The minimum absolute atomic E-state index is 0.175. The lowest BCUT2D eigenvalue weighted by Gasteiger charge is -2.23. The molecule has 2 aromatic heterocycles. The van der Waals surface area contributed by atoms with Crippen LogP contribution in [0.2, 0.25) is 0 Å². The molecule has 0 N–H and O–H groups in total. The smallest absolute Gasteiger partial charge is 0.121 e. The van der Waals surface area contributed by atoms with Gasteiger partial charge >= 0.3 is 0 Å². The van der Waals surface area contributed by atoms with Crippen LogP contribution in [-0.4, -0.2) is 30.0 Å². The minimum atomic E-state index is -0.175. The molecule has 0 aliphatic heterocycles. The maximum Gasteiger partial charge on any atom is 0.121 e. The molecule has 0 atom stereocenters. The number of aromatic nitrogens is 6. The van der Waals surface area contributed by atoms with Crippen molar-refractivity contribution in [3.8, 4) is 0 Å². The summed E-state index contributed by atoms with van der Waals surface area (Å²) in [5.74, 6) is 0. The van der Waals surface area contributed by atoms with E-state index in [9.17, 15) is 0 Å². The second kappa shape index (κ2) is 7.12. The first-order chi connectivity index (χ1) is 15.3. The molecule has 1 aliphatic rings. The Balaban J connectivity index is 2.31. The molecule has 32 heavy (non-hydrogen) atoms. The van der Waals surface area contributed by atoms with Gasteiger partial charge in [0.05, 0.1) is 21.8 Å². The van der Waals surface area contributed by atoms with Crippen molar-refractivity contribution in [3.63, 3.8) is 0 Å². The fourth-order valence-electron chi connectivity index (χ4n) is 4.35. The Kier molecular flexibility index (Phi) is 4.59. The van der Waals surface area contributed by atoms with Gasteiger partial charge in [-0.05, 0) is 40.5 Å². The van der Waals surface area contributed by atoms with E-state index in [0.717, 1.165) is 55.1 Å². The summed E-state index contributed by atoms with van der Waals surface area (Å²) in [4.78, 5) is 0. The molecular weight excluding hydrogens is 396 g/mol. The molecular formula is C26H30N6. The zero-order chi connectivity index (χ0) is 22.7. The van der Waals surface area contributed by atoms with Crippen molar-refractivity contribution < 1.29 is 0 Å². The summed E-state index contributed by atoms with van der Waals surface area (Å²) in [5.41, 5.74) is -0.350. The third-order valence-corrected chi connectivity index (χ3v) is 7.09. The predicted octanol–water partition coefficient (Wildman–Crippen LogP) is 4.62. The highest BCUT2D eigenvalue weighted by Gasteiger charge is 2.24. The fourth-order valence-corrected chi connectivity index (χ4v) is 4.35. The maximum atomic E-state index is 4.72. The first kappa shape index (κ1) is 20.6. The first-order valence-corrected chi connectivity index (χ1v) is 11.4. The van der Waals surface area contributed by atoms with E-state index in [1.54, 1.807) is 0 Å². The van der Waals surface area contributed by atoms with Crippen LogP contribution in [0.25, 0.3) is 0 Å². The molecule has 0 saturated heterocycles. The lowest BCUT2D eigenvalue weighted by atomic mass is 10.0. The van der Waals surface area contributed by atoms with Crippen molar-refractivity contribution in [1.29, 1.82) is 0 Å². The predicted molar refractivity (Wildman–Crippen MR) is 123 cm³/mol. The van der Waals surface area contributed by atoms with Gasteiger partial charge in [0, 0.05) is 20.9 Å². The van der Waals surface area contributed by atoms with Gasteiger partial charge in [-0.25, -0.2) is 9.36 Å². The molecule has 0 saturated carbocycles. The SMILES string of the molecule is CCC(C)(C)n1nnc2c1=c1ccccc1=c1c(nnn1C(C)(C)CC)=c1ccccc1=2. The number of fused-ring (bicyclic) bond motifs is 4. The highest BCUT2D eigenvalue weighted by molar-refractivity contribution is 5.22. The van der Waals surface area contributed by atoms with Gasteiger partial charge in [0.15, 0.2) is 0 Å². The summed E-state index contributed by atoms with van der Waals surface area (Å²) in [6, 6.07) is 16.9. The second-order valence-electron chi connectivity index (χ2n) is 9.82. The Morgan fingerprint density at radius 1 is 0.594 bits per heavy atom. The lowest BCUT2D eigenvalue weighted by molar-refractivity contribution is 0.293. The van der Waals surface area contributed by atoms with Crippen LogP contribution in [0.4, 0.5) is 0 Å². The molecule has 0 spiro atoms. The summed E-state index contributed by atoms with van der Waals surface area (Å²) in [6.45, 7) is 13.2. The minimum Gasteiger partial charge on any atom is -0.238 e. The van der Waals surface area contributed by atoms with Gasteiger partial charge in [0.2, 0.25) is 0 Å². The van der Waals surface area contributed by atoms with Crippen molar-refractivity contribution in [2.75, 3.05) is 0 Å². The van der Waals surface area contributed by atoms with Gasteiger partial charge in [-0.1, -0.05) is 72.8 Å². The van der Waals surface area contributed by atoms with Gasteiger partial charge < -0.3 is 0 Å². The fraction of sp³-hybridized carbons (Fsp3) is 0.385. The molecule has 1 aliphatic carbocycles. The highest BCUT2D eigenvalue weighted by Crippen LogP contribution is 2.22. The largest absolute Gasteiger partial charge is 0.238 e. The van der Waals surface area contributed by atoms with Gasteiger partial charge in [-0.15, -0.1) is 10.2 Å². The van der Waals surface area contributed by atoms with Crippen LogP contribution in [0, 0.1) is 42.3 Å². The quantitative estimate of drug-likeness (QED) is 0.421. The summed E-state index contributed by atoms with van der Waals surface area (Å²) < 4.78 is 4.20. The van der Waals surface area contributed by atoms with Crippen LogP contribution in [0.15, 0.2) is 48.5 Å². The monoisotopic (exact) mass is 426 g/mol. The average molecular weight is 427 g/mol. The molecule has 2 heterocycles. The van der Waals surface area contributed by atoms with E-state index in [2.05, 4.69) is 110 Å². The van der Waals surface area contributed by atoms with Gasteiger partial charge in [0.1, 0.15) is 10.7 Å². The van der Waals surface area contributed by atoms with E-state index in [-0.39, 0.29) is 11.1 Å². The zero-order valence-corrected chi connectivity index (χ0v) is 19.7. The number of hydrogen-bond acceptors (Lipinski definition) is 4. The molecule has 0 radical (unpaired) electrons. The van der Waals surface area contributed by atoms with Crippen LogP contribution in [-0.2, 0) is 11.1 Å². The van der Waals surface area contributed by atoms with Crippen LogP contribution < -0.4 is 0 Å². The van der Waals surface area contributed by atoms with Crippen molar-refractivity contribution in [3.05, 3.63) is 90.8 Å². The number of nitrogens with zero attached hydrogens (tertiary/aromatic N) is 6. The third kappa shape index (κ3) is 2.85. The van der Waals surface area contributed by atoms with Crippen molar-refractivity contribution in [1.82, 2.24) is 30.0 Å². The molecule has 0 amide bonds. The van der Waals surface area contributed by atoms with Crippen LogP contribution in [0.5, 0.6) is 0 Å². The van der Waals surface area contributed by atoms with Gasteiger partial charge in [0.25, 0.3) is 0 Å². The van der Waals surface area contributed by atoms with Crippen molar-refractivity contribution in [2.24, 2.45) is 0 Å². The summed E-state index contributed by atoms with van der Waals surface area (Å²) in [7, 11) is 0. The van der Waals surface area contributed by atoms with E-state index in [4.69, 9.17) is 10.2 Å².